The van der Waals surface area contributed by atoms with Gasteiger partial charge in [0, 0.05) is 18.1 Å². The number of benzene rings is 1. The standard InChI is InChI=1S/C12H12BrF2N3O/c1-19-9-5-7(14)6(4-8(9)15)11-12(13)18-10(17-11)2-3-16/h4-5H,2-3,16H2,1H3,(H,17,18). The first-order valence-corrected chi connectivity index (χ1v) is 6.34. The molecule has 0 radical (unpaired) electrons. The van der Waals surface area contributed by atoms with Crippen LogP contribution < -0.4 is 10.5 Å². The summed E-state index contributed by atoms with van der Waals surface area (Å²) in [5.74, 6) is -0.783. The minimum atomic E-state index is -0.644. The van der Waals surface area contributed by atoms with Crippen molar-refractivity contribution in [1.29, 1.82) is 0 Å². The van der Waals surface area contributed by atoms with E-state index < -0.39 is 11.6 Å². The lowest BCUT2D eigenvalue weighted by molar-refractivity contribution is 0.383. The molecule has 0 saturated heterocycles. The van der Waals surface area contributed by atoms with E-state index in [1.165, 1.54) is 7.11 Å². The number of hydrogen-bond acceptors (Lipinski definition) is 3. The van der Waals surface area contributed by atoms with Gasteiger partial charge < -0.3 is 15.5 Å². The van der Waals surface area contributed by atoms with Crippen LogP contribution in [-0.4, -0.2) is 23.6 Å². The highest BCUT2D eigenvalue weighted by molar-refractivity contribution is 9.10. The summed E-state index contributed by atoms with van der Waals surface area (Å²) in [7, 11) is 1.28. The van der Waals surface area contributed by atoms with E-state index in [4.69, 9.17) is 10.5 Å². The Morgan fingerprint density at radius 1 is 1.37 bits per heavy atom. The number of rotatable bonds is 4. The molecule has 0 saturated carbocycles. The summed E-state index contributed by atoms with van der Waals surface area (Å²) in [6.07, 6.45) is 0.527. The summed E-state index contributed by atoms with van der Waals surface area (Å²) in [6.45, 7) is 0.416. The molecule has 0 aliphatic heterocycles. The Morgan fingerprint density at radius 2 is 2.11 bits per heavy atom. The van der Waals surface area contributed by atoms with Gasteiger partial charge in [-0.15, -0.1) is 0 Å². The molecule has 0 aliphatic rings. The van der Waals surface area contributed by atoms with E-state index in [9.17, 15) is 8.78 Å². The molecule has 0 bridgehead atoms. The van der Waals surface area contributed by atoms with Gasteiger partial charge in [-0.2, -0.15) is 0 Å². The lowest BCUT2D eigenvalue weighted by atomic mass is 10.1. The van der Waals surface area contributed by atoms with Gasteiger partial charge in [-0.05, 0) is 28.5 Å². The van der Waals surface area contributed by atoms with Crippen LogP contribution in [0.25, 0.3) is 11.3 Å². The SMILES string of the molecule is COc1cc(F)c(-c2nc(CCN)[nH]c2Br)cc1F. The number of nitrogens with zero attached hydrogens (tertiary/aromatic N) is 1. The Labute approximate surface area is 117 Å². The molecule has 3 N–H and O–H groups in total. The number of ether oxygens (including phenoxy) is 1. The van der Waals surface area contributed by atoms with E-state index in [-0.39, 0.29) is 11.3 Å². The summed E-state index contributed by atoms with van der Waals surface area (Å²) in [4.78, 5) is 7.12. The summed E-state index contributed by atoms with van der Waals surface area (Å²) in [6, 6.07) is 2.05. The quantitative estimate of drug-likeness (QED) is 0.905. The van der Waals surface area contributed by atoms with Gasteiger partial charge in [-0.1, -0.05) is 0 Å². The number of nitrogens with two attached hydrogens (primary N) is 1. The van der Waals surface area contributed by atoms with Gasteiger partial charge >= 0.3 is 0 Å². The molecule has 19 heavy (non-hydrogen) atoms. The van der Waals surface area contributed by atoms with Crippen LogP contribution >= 0.6 is 15.9 Å². The zero-order valence-corrected chi connectivity index (χ0v) is 11.7. The summed E-state index contributed by atoms with van der Waals surface area (Å²) < 4.78 is 32.8. The van der Waals surface area contributed by atoms with Gasteiger partial charge in [0.2, 0.25) is 0 Å². The van der Waals surface area contributed by atoms with E-state index in [0.717, 1.165) is 12.1 Å². The number of H-pyrrole nitrogens is 1. The molecule has 7 heteroatoms. The summed E-state index contributed by atoms with van der Waals surface area (Å²) in [5, 5.41) is 0. The van der Waals surface area contributed by atoms with Crippen molar-refractivity contribution in [1.82, 2.24) is 9.97 Å². The van der Waals surface area contributed by atoms with E-state index in [0.29, 0.717) is 29.1 Å². The minimum absolute atomic E-state index is 0.0599. The molecule has 102 valence electrons. The molecule has 1 heterocycles. The van der Waals surface area contributed by atoms with E-state index in [2.05, 4.69) is 25.9 Å². The molecule has 2 rings (SSSR count). The Balaban J connectivity index is 2.49. The van der Waals surface area contributed by atoms with Crippen molar-refractivity contribution >= 4 is 15.9 Å². The van der Waals surface area contributed by atoms with Crippen LogP contribution in [0.15, 0.2) is 16.7 Å². The highest BCUT2D eigenvalue weighted by Gasteiger charge is 2.17. The monoisotopic (exact) mass is 331 g/mol. The number of hydrogen-bond donors (Lipinski definition) is 2. The van der Waals surface area contributed by atoms with Gasteiger partial charge in [0.05, 0.1) is 7.11 Å². The third kappa shape index (κ3) is 2.76. The van der Waals surface area contributed by atoms with E-state index in [1.54, 1.807) is 0 Å². The summed E-state index contributed by atoms with van der Waals surface area (Å²) in [5.41, 5.74) is 5.79. The summed E-state index contributed by atoms with van der Waals surface area (Å²) >= 11 is 3.24. The molecule has 2 aromatic rings. The second-order valence-corrected chi connectivity index (χ2v) is 4.64. The molecule has 0 amide bonds. The van der Waals surface area contributed by atoms with Crippen molar-refractivity contribution < 1.29 is 13.5 Å². The molecule has 0 fully saturated rings. The fourth-order valence-electron chi connectivity index (χ4n) is 1.70. The van der Waals surface area contributed by atoms with Crippen molar-refractivity contribution in [3.63, 3.8) is 0 Å². The maximum atomic E-state index is 13.9. The predicted octanol–water partition coefficient (Wildman–Crippen LogP) is 2.63. The van der Waals surface area contributed by atoms with Crippen LogP contribution in [0.3, 0.4) is 0 Å². The predicted molar refractivity (Wildman–Crippen MR) is 71.0 cm³/mol. The molecule has 0 aliphatic carbocycles. The molecule has 0 atom stereocenters. The third-order valence-corrected chi connectivity index (χ3v) is 3.16. The van der Waals surface area contributed by atoms with Crippen LogP contribution in [0.2, 0.25) is 0 Å². The lowest BCUT2D eigenvalue weighted by Crippen LogP contribution is -2.03. The maximum Gasteiger partial charge on any atom is 0.165 e. The van der Waals surface area contributed by atoms with Gasteiger partial charge in [-0.25, -0.2) is 13.8 Å². The average Bonchev–Trinajstić information content (AvgIpc) is 2.73. The first kappa shape index (κ1) is 14.0. The second-order valence-electron chi connectivity index (χ2n) is 3.85. The van der Waals surface area contributed by atoms with Gasteiger partial charge in [0.1, 0.15) is 21.9 Å². The Morgan fingerprint density at radius 3 is 2.74 bits per heavy atom. The molecule has 1 aromatic heterocycles. The maximum absolute atomic E-state index is 13.9. The minimum Gasteiger partial charge on any atom is -0.494 e. The second kappa shape index (κ2) is 5.66. The molecule has 1 aromatic carbocycles. The average molecular weight is 332 g/mol. The lowest BCUT2D eigenvalue weighted by Gasteiger charge is -2.05. The van der Waals surface area contributed by atoms with Crippen LogP contribution in [-0.2, 0) is 6.42 Å². The fourth-order valence-corrected chi connectivity index (χ4v) is 2.23. The normalized spacial score (nSPS) is 10.8. The Hall–Kier alpha value is -1.47. The molecule has 4 nitrogen and oxygen atoms in total. The molecule has 0 unspecified atom stereocenters. The first-order chi connectivity index (χ1) is 9.06. The number of aromatic nitrogens is 2. The molecule has 0 spiro atoms. The van der Waals surface area contributed by atoms with E-state index >= 15 is 0 Å². The fraction of sp³-hybridized carbons (Fsp3) is 0.250. The van der Waals surface area contributed by atoms with Crippen LogP contribution in [0.5, 0.6) is 5.75 Å². The van der Waals surface area contributed by atoms with E-state index in [1.807, 2.05) is 0 Å². The smallest absolute Gasteiger partial charge is 0.165 e. The van der Waals surface area contributed by atoms with Crippen molar-refractivity contribution in [2.24, 2.45) is 5.73 Å². The molecular weight excluding hydrogens is 320 g/mol. The van der Waals surface area contributed by atoms with Crippen LogP contribution in [0.1, 0.15) is 5.82 Å². The number of methoxy groups -OCH3 is 1. The highest BCUT2D eigenvalue weighted by Crippen LogP contribution is 2.32. The zero-order chi connectivity index (χ0) is 14.0. The van der Waals surface area contributed by atoms with Crippen molar-refractivity contribution in [3.05, 3.63) is 34.2 Å². The number of aromatic amines is 1. The number of nitrogens with one attached hydrogen (secondary N) is 1. The van der Waals surface area contributed by atoms with Crippen molar-refractivity contribution in [3.8, 4) is 17.0 Å². The van der Waals surface area contributed by atoms with Crippen molar-refractivity contribution in [2.45, 2.75) is 6.42 Å². The number of imidazole rings is 1. The van der Waals surface area contributed by atoms with Crippen LogP contribution in [0.4, 0.5) is 8.78 Å². The molecular formula is C12H12BrF2N3O. The Bertz CT molecular complexity index is 601. The van der Waals surface area contributed by atoms with Gasteiger partial charge in [-0.3, -0.25) is 0 Å². The van der Waals surface area contributed by atoms with Crippen LogP contribution in [0, 0.1) is 11.6 Å². The topological polar surface area (TPSA) is 63.9 Å². The zero-order valence-electron chi connectivity index (χ0n) is 10.1. The third-order valence-electron chi connectivity index (χ3n) is 2.59. The van der Waals surface area contributed by atoms with Crippen molar-refractivity contribution in [2.75, 3.05) is 13.7 Å². The number of halogens is 3. The Kier molecular flexibility index (Phi) is 4.16. The van der Waals surface area contributed by atoms with Gasteiger partial charge in [0.15, 0.2) is 11.6 Å². The van der Waals surface area contributed by atoms with Gasteiger partial charge in [0.25, 0.3) is 0 Å². The first-order valence-electron chi connectivity index (χ1n) is 5.54. The highest BCUT2D eigenvalue weighted by atomic mass is 79.9. The largest absolute Gasteiger partial charge is 0.494 e.